The van der Waals surface area contributed by atoms with Gasteiger partial charge in [0.1, 0.15) is 5.75 Å². The molecule has 2 aromatic rings. The second-order valence-electron chi connectivity index (χ2n) is 7.26. The largest absolute Gasteiger partial charge is 0.495 e. The number of ether oxygens (including phenoxy) is 2. The molecule has 29 heavy (non-hydrogen) atoms. The van der Waals surface area contributed by atoms with Crippen LogP contribution in [0.4, 0.5) is 5.69 Å². The van der Waals surface area contributed by atoms with Gasteiger partial charge in [-0.1, -0.05) is 6.07 Å². The Balaban J connectivity index is 1.78. The number of aryl methyl sites for hydroxylation is 1. The van der Waals surface area contributed by atoms with Crippen LogP contribution in [0, 0.1) is 6.92 Å². The second-order valence-corrected chi connectivity index (χ2v) is 9.20. The molecule has 0 aromatic heterocycles. The van der Waals surface area contributed by atoms with Gasteiger partial charge in [-0.15, -0.1) is 0 Å². The Kier molecular flexibility index (Phi) is 6.26. The Morgan fingerprint density at radius 3 is 2.31 bits per heavy atom. The number of carbonyl (C=O) groups is 1. The third-order valence-corrected chi connectivity index (χ3v) is 6.59. The Labute approximate surface area is 171 Å². The van der Waals surface area contributed by atoms with Crippen molar-refractivity contribution in [2.45, 2.75) is 37.9 Å². The number of nitrogens with one attached hydrogen (secondary N) is 1. The van der Waals surface area contributed by atoms with Crippen molar-refractivity contribution in [1.82, 2.24) is 4.31 Å². The molecule has 8 heteroatoms. The number of nitrogens with zero attached hydrogens (tertiary/aromatic N) is 1. The quantitative estimate of drug-likeness (QED) is 0.807. The summed E-state index contributed by atoms with van der Waals surface area (Å²) in [7, 11) is -2.11. The maximum absolute atomic E-state index is 12.9. The Hall–Kier alpha value is -2.42. The number of rotatable bonds is 5. The molecule has 1 heterocycles. The zero-order valence-corrected chi connectivity index (χ0v) is 17.8. The number of benzene rings is 2. The van der Waals surface area contributed by atoms with Crippen molar-refractivity contribution in [2.24, 2.45) is 0 Å². The van der Waals surface area contributed by atoms with Crippen LogP contribution in [0.5, 0.6) is 5.75 Å². The molecule has 1 fully saturated rings. The van der Waals surface area contributed by atoms with Crippen LogP contribution in [0.1, 0.15) is 29.8 Å². The number of hydrogen-bond acceptors (Lipinski definition) is 5. The van der Waals surface area contributed by atoms with Gasteiger partial charge < -0.3 is 14.8 Å². The van der Waals surface area contributed by atoms with Gasteiger partial charge in [-0.25, -0.2) is 8.42 Å². The van der Waals surface area contributed by atoms with Crippen molar-refractivity contribution in [3.63, 3.8) is 0 Å². The fourth-order valence-electron chi connectivity index (χ4n) is 3.37. The minimum Gasteiger partial charge on any atom is -0.495 e. The van der Waals surface area contributed by atoms with E-state index >= 15 is 0 Å². The molecule has 2 atom stereocenters. The monoisotopic (exact) mass is 418 g/mol. The Bertz CT molecular complexity index is 979. The first-order chi connectivity index (χ1) is 13.7. The average Bonchev–Trinajstić information content (AvgIpc) is 2.67. The van der Waals surface area contributed by atoms with Crippen LogP contribution in [0.2, 0.25) is 0 Å². The molecule has 0 saturated carbocycles. The topological polar surface area (TPSA) is 84.9 Å². The maximum atomic E-state index is 12.9. The highest BCUT2D eigenvalue weighted by Crippen LogP contribution is 2.26. The minimum absolute atomic E-state index is 0.156. The third-order valence-electron chi connectivity index (χ3n) is 4.74. The molecule has 1 aliphatic heterocycles. The molecule has 3 rings (SSSR count). The fourth-order valence-corrected chi connectivity index (χ4v) is 4.96. The van der Waals surface area contributed by atoms with E-state index in [0.717, 1.165) is 5.56 Å². The number of morpholine rings is 1. The fraction of sp³-hybridized carbons (Fsp3) is 0.381. The zero-order valence-electron chi connectivity index (χ0n) is 17.0. The van der Waals surface area contributed by atoms with Crippen molar-refractivity contribution < 1.29 is 22.7 Å². The first kappa shape index (κ1) is 21.3. The van der Waals surface area contributed by atoms with E-state index in [2.05, 4.69) is 5.32 Å². The van der Waals surface area contributed by atoms with Gasteiger partial charge in [-0.2, -0.15) is 4.31 Å². The standard InChI is InChI=1S/C21H26N2O5S/c1-14-5-10-20(27-4)19(11-14)22-21(24)17-6-8-18(9-7-17)29(25,26)23-12-15(2)28-16(3)13-23/h5-11,15-16H,12-13H2,1-4H3,(H,22,24)/t15-,16+. The highest BCUT2D eigenvalue weighted by molar-refractivity contribution is 7.89. The van der Waals surface area contributed by atoms with Crippen LogP contribution in [-0.2, 0) is 14.8 Å². The minimum atomic E-state index is -3.64. The first-order valence-electron chi connectivity index (χ1n) is 9.42. The number of carbonyl (C=O) groups excluding carboxylic acids is 1. The van der Waals surface area contributed by atoms with Gasteiger partial charge >= 0.3 is 0 Å². The smallest absolute Gasteiger partial charge is 0.255 e. The van der Waals surface area contributed by atoms with Crippen molar-refractivity contribution >= 4 is 21.6 Å². The molecule has 1 N–H and O–H groups in total. The lowest BCUT2D eigenvalue weighted by Crippen LogP contribution is -2.48. The molecule has 2 aromatic carbocycles. The predicted octanol–water partition coefficient (Wildman–Crippen LogP) is 3.05. The molecule has 0 radical (unpaired) electrons. The Morgan fingerprint density at radius 2 is 1.72 bits per heavy atom. The highest BCUT2D eigenvalue weighted by atomic mass is 32.2. The normalized spacial score (nSPS) is 20.3. The second kappa shape index (κ2) is 8.52. The van der Waals surface area contributed by atoms with E-state index in [1.807, 2.05) is 32.9 Å². The number of anilines is 1. The highest BCUT2D eigenvalue weighted by Gasteiger charge is 2.32. The van der Waals surface area contributed by atoms with Crippen LogP contribution >= 0.6 is 0 Å². The van der Waals surface area contributed by atoms with Crippen LogP contribution in [0.15, 0.2) is 47.4 Å². The van der Waals surface area contributed by atoms with Gasteiger partial charge in [0.2, 0.25) is 10.0 Å². The molecule has 156 valence electrons. The molecular formula is C21H26N2O5S. The summed E-state index contributed by atoms with van der Waals surface area (Å²) in [5, 5.41) is 2.81. The van der Waals surface area contributed by atoms with E-state index < -0.39 is 10.0 Å². The van der Waals surface area contributed by atoms with Gasteiger partial charge in [0, 0.05) is 18.7 Å². The number of methoxy groups -OCH3 is 1. The van der Waals surface area contributed by atoms with Crippen LogP contribution in [0.3, 0.4) is 0 Å². The van der Waals surface area contributed by atoms with Gasteiger partial charge in [0.15, 0.2) is 0 Å². The predicted molar refractivity (Wildman–Crippen MR) is 111 cm³/mol. The number of sulfonamides is 1. The van der Waals surface area contributed by atoms with Crippen LogP contribution < -0.4 is 10.1 Å². The van der Waals surface area contributed by atoms with E-state index in [0.29, 0.717) is 30.1 Å². The third kappa shape index (κ3) is 4.77. The molecule has 7 nitrogen and oxygen atoms in total. The van der Waals surface area contributed by atoms with E-state index in [1.165, 1.54) is 35.7 Å². The molecule has 0 spiro atoms. The summed E-state index contributed by atoms with van der Waals surface area (Å²) < 4.78 is 38.2. The summed E-state index contributed by atoms with van der Waals surface area (Å²) >= 11 is 0. The summed E-state index contributed by atoms with van der Waals surface area (Å²) in [5.74, 6) is 0.213. The lowest BCUT2D eigenvalue weighted by atomic mass is 10.1. The van der Waals surface area contributed by atoms with Crippen molar-refractivity contribution in [2.75, 3.05) is 25.5 Å². The lowest BCUT2D eigenvalue weighted by Gasteiger charge is -2.34. The van der Waals surface area contributed by atoms with Gasteiger partial charge in [0.05, 0.1) is 29.9 Å². The average molecular weight is 419 g/mol. The van der Waals surface area contributed by atoms with Crippen molar-refractivity contribution in [1.29, 1.82) is 0 Å². The Morgan fingerprint density at radius 1 is 1.10 bits per heavy atom. The molecule has 1 amide bonds. The van der Waals surface area contributed by atoms with E-state index in [4.69, 9.17) is 9.47 Å². The zero-order chi connectivity index (χ0) is 21.2. The van der Waals surface area contributed by atoms with Gasteiger partial charge in [-0.3, -0.25) is 4.79 Å². The molecule has 0 aliphatic carbocycles. The first-order valence-corrected chi connectivity index (χ1v) is 10.9. The molecule has 1 saturated heterocycles. The summed E-state index contributed by atoms with van der Waals surface area (Å²) in [5.41, 5.74) is 1.90. The number of hydrogen-bond donors (Lipinski definition) is 1. The number of amides is 1. The van der Waals surface area contributed by atoms with Crippen LogP contribution in [-0.4, -0.2) is 51.0 Å². The SMILES string of the molecule is COc1ccc(C)cc1NC(=O)c1ccc(S(=O)(=O)N2C[C@@H](C)O[C@@H](C)C2)cc1. The van der Waals surface area contributed by atoms with E-state index in [1.54, 1.807) is 6.07 Å². The van der Waals surface area contributed by atoms with Crippen molar-refractivity contribution in [3.05, 3.63) is 53.6 Å². The van der Waals surface area contributed by atoms with E-state index in [9.17, 15) is 13.2 Å². The molecule has 1 aliphatic rings. The summed E-state index contributed by atoms with van der Waals surface area (Å²) in [4.78, 5) is 12.8. The lowest BCUT2D eigenvalue weighted by molar-refractivity contribution is -0.0440. The summed E-state index contributed by atoms with van der Waals surface area (Å²) in [6.45, 7) is 6.24. The summed E-state index contributed by atoms with van der Waals surface area (Å²) in [6, 6.07) is 11.4. The summed E-state index contributed by atoms with van der Waals surface area (Å²) in [6.07, 6.45) is -0.328. The molecule has 0 unspecified atom stereocenters. The maximum Gasteiger partial charge on any atom is 0.255 e. The molecular weight excluding hydrogens is 392 g/mol. The van der Waals surface area contributed by atoms with Crippen LogP contribution in [0.25, 0.3) is 0 Å². The van der Waals surface area contributed by atoms with Crippen molar-refractivity contribution in [3.8, 4) is 5.75 Å². The van der Waals surface area contributed by atoms with Gasteiger partial charge in [-0.05, 0) is 62.7 Å². The van der Waals surface area contributed by atoms with E-state index in [-0.39, 0.29) is 23.0 Å². The van der Waals surface area contributed by atoms with Gasteiger partial charge in [0.25, 0.3) is 5.91 Å². The molecule has 0 bridgehead atoms.